The molecule has 0 radical (unpaired) electrons. The maximum absolute atomic E-state index is 12.6. The van der Waals surface area contributed by atoms with Gasteiger partial charge in [0.15, 0.2) is 5.78 Å². The first-order chi connectivity index (χ1) is 14.6. The molecule has 3 heterocycles. The lowest BCUT2D eigenvalue weighted by Gasteiger charge is -2.11. The molecule has 0 spiro atoms. The van der Waals surface area contributed by atoms with Crippen molar-refractivity contribution >= 4 is 17.5 Å². The van der Waals surface area contributed by atoms with E-state index in [4.69, 9.17) is 4.74 Å². The summed E-state index contributed by atoms with van der Waals surface area (Å²) in [6.45, 7) is 0.0305. The van der Waals surface area contributed by atoms with E-state index in [9.17, 15) is 9.59 Å². The summed E-state index contributed by atoms with van der Waals surface area (Å²) in [5.41, 5.74) is 2.68. The number of ketones is 1. The zero-order valence-electron chi connectivity index (χ0n) is 16.4. The van der Waals surface area contributed by atoms with Crippen molar-refractivity contribution in [2.75, 3.05) is 11.9 Å². The fourth-order valence-electron chi connectivity index (χ4n) is 3.51. The van der Waals surface area contributed by atoms with Crippen LogP contribution in [0.5, 0.6) is 0 Å². The summed E-state index contributed by atoms with van der Waals surface area (Å²) in [7, 11) is 1.62. The van der Waals surface area contributed by atoms with E-state index < -0.39 is 0 Å². The van der Waals surface area contributed by atoms with E-state index in [2.05, 4.69) is 21.4 Å². The Hall–Kier alpha value is -3.74. The van der Waals surface area contributed by atoms with E-state index in [-0.39, 0.29) is 17.9 Å². The molecule has 1 N–H and O–H groups in total. The topological polar surface area (TPSA) is 86.1 Å². The first kappa shape index (κ1) is 18.3. The molecule has 150 valence electrons. The summed E-state index contributed by atoms with van der Waals surface area (Å²) < 4.78 is 7.20. The first-order valence-corrected chi connectivity index (χ1v) is 9.83. The molecule has 3 aromatic rings. The number of Topliss-reactive ketones (excluding diaryl/α,β-unsaturated/α-hetero) is 1. The zero-order valence-corrected chi connectivity index (χ0v) is 16.4. The number of ether oxygens (including phenoxy) is 1. The van der Waals surface area contributed by atoms with Crippen molar-refractivity contribution < 1.29 is 9.53 Å². The van der Waals surface area contributed by atoms with Crippen LogP contribution in [0.2, 0.25) is 0 Å². The number of carbonyl (C=O) groups is 1. The van der Waals surface area contributed by atoms with Crippen molar-refractivity contribution in [2.45, 2.75) is 12.5 Å². The van der Waals surface area contributed by atoms with Gasteiger partial charge in [0, 0.05) is 48.1 Å². The van der Waals surface area contributed by atoms with Crippen LogP contribution in [-0.4, -0.2) is 33.0 Å². The quantitative estimate of drug-likeness (QED) is 0.641. The summed E-state index contributed by atoms with van der Waals surface area (Å²) in [6, 6.07) is 12.4. The van der Waals surface area contributed by atoms with Crippen LogP contribution in [0.25, 0.3) is 17.0 Å². The molecule has 30 heavy (non-hydrogen) atoms. The van der Waals surface area contributed by atoms with Gasteiger partial charge in [-0.05, 0) is 24.6 Å². The molecule has 0 amide bonds. The number of carbonyl (C=O) groups excluding carboxylic acids is 1. The normalized spacial score (nSPS) is 18.9. The number of fused-ring (bicyclic) bond motifs is 1. The lowest BCUT2D eigenvalue weighted by molar-refractivity contribution is 0.101. The number of hydrogen-bond acceptors (Lipinski definition) is 6. The predicted molar refractivity (Wildman–Crippen MR) is 113 cm³/mol. The Kier molecular flexibility index (Phi) is 4.43. The van der Waals surface area contributed by atoms with Gasteiger partial charge in [-0.1, -0.05) is 24.3 Å². The Morgan fingerprint density at radius 2 is 1.93 bits per heavy atom. The Morgan fingerprint density at radius 3 is 2.63 bits per heavy atom. The third-order valence-electron chi connectivity index (χ3n) is 5.43. The fourth-order valence-corrected chi connectivity index (χ4v) is 3.51. The van der Waals surface area contributed by atoms with Gasteiger partial charge in [0.2, 0.25) is 5.95 Å². The van der Waals surface area contributed by atoms with Crippen LogP contribution in [0.15, 0.2) is 65.7 Å². The molecule has 1 aromatic carbocycles. The van der Waals surface area contributed by atoms with Crippen molar-refractivity contribution in [3.63, 3.8) is 0 Å². The molecule has 2 atom stereocenters. The molecular formula is C23H20N4O3. The monoisotopic (exact) mass is 400 g/mol. The number of benzene rings is 1. The van der Waals surface area contributed by atoms with Crippen LogP contribution >= 0.6 is 0 Å². The van der Waals surface area contributed by atoms with E-state index in [1.807, 2.05) is 12.1 Å². The van der Waals surface area contributed by atoms with Crippen LogP contribution in [0.3, 0.4) is 0 Å². The number of nitrogens with one attached hydrogen (secondary N) is 1. The minimum Gasteiger partial charge on any atom is -0.489 e. The standard InChI is InChI=1S/C23H20N4O3/c1-27-22(29)12-18(14-6-8-24-9-7-14)26-23(27)25-13-19(28)15-2-4-16(5-3-15)20-10-17-11-21(17)30-20/h2-10,12,17,21H,11,13H2,1H3,(H,25,26). The molecule has 7 heteroatoms. The second kappa shape index (κ2) is 7.26. The number of hydrogen-bond donors (Lipinski definition) is 1. The van der Waals surface area contributed by atoms with Crippen LogP contribution in [0, 0.1) is 5.92 Å². The van der Waals surface area contributed by atoms with Gasteiger partial charge in [0.1, 0.15) is 11.9 Å². The highest BCUT2D eigenvalue weighted by molar-refractivity contribution is 5.99. The maximum atomic E-state index is 12.6. The minimum absolute atomic E-state index is 0.0305. The molecule has 2 aromatic heterocycles. The summed E-state index contributed by atoms with van der Waals surface area (Å²) in [5.74, 6) is 1.71. The Morgan fingerprint density at radius 1 is 1.17 bits per heavy atom. The van der Waals surface area contributed by atoms with Crippen molar-refractivity contribution in [3.05, 3.63) is 82.4 Å². The van der Waals surface area contributed by atoms with Gasteiger partial charge in [-0.25, -0.2) is 4.98 Å². The third-order valence-corrected chi connectivity index (χ3v) is 5.43. The third kappa shape index (κ3) is 3.50. The van der Waals surface area contributed by atoms with E-state index in [0.717, 1.165) is 23.3 Å². The molecule has 2 aliphatic rings. The molecule has 2 unspecified atom stereocenters. The first-order valence-electron chi connectivity index (χ1n) is 9.83. The van der Waals surface area contributed by atoms with Crippen molar-refractivity contribution in [3.8, 4) is 11.3 Å². The van der Waals surface area contributed by atoms with E-state index in [1.54, 1.807) is 43.7 Å². The molecule has 5 rings (SSSR count). The van der Waals surface area contributed by atoms with Gasteiger partial charge in [-0.15, -0.1) is 0 Å². The van der Waals surface area contributed by atoms with Crippen molar-refractivity contribution in [1.82, 2.24) is 14.5 Å². The number of anilines is 1. The largest absolute Gasteiger partial charge is 0.489 e. The molecule has 7 nitrogen and oxygen atoms in total. The highest BCUT2D eigenvalue weighted by Crippen LogP contribution is 2.45. The molecule has 1 fully saturated rings. The lowest BCUT2D eigenvalue weighted by atomic mass is 10.1. The average molecular weight is 400 g/mol. The molecule has 1 aliphatic carbocycles. The lowest BCUT2D eigenvalue weighted by Crippen LogP contribution is -2.24. The Bertz CT molecular complexity index is 1200. The van der Waals surface area contributed by atoms with Crippen LogP contribution in [0.4, 0.5) is 5.95 Å². The number of pyridine rings is 1. The van der Waals surface area contributed by atoms with Gasteiger partial charge in [-0.3, -0.25) is 19.1 Å². The van der Waals surface area contributed by atoms with Gasteiger partial charge in [-0.2, -0.15) is 0 Å². The van der Waals surface area contributed by atoms with E-state index in [0.29, 0.717) is 29.2 Å². The second-order valence-electron chi connectivity index (χ2n) is 7.54. The Balaban J connectivity index is 1.30. The van der Waals surface area contributed by atoms with Gasteiger partial charge < -0.3 is 10.1 Å². The second-order valence-corrected chi connectivity index (χ2v) is 7.54. The van der Waals surface area contributed by atoms with Gasteiger partial charge in [0.05, 0.1) is 12.2 Å². The van der Waals surface area contributed by atoms with Crippen LogP contribution in [-0.2, 0) is 11.8 Å². The molecule has 0 bridgehead atoms. The van der Waals surface area contributed by atoms with Crippen molar-refractivity contribution in [1.29, 1.82) is 0 Å². The summed E-state index contributed by atoms with van der Waals surface area (Å²) in [6.07, 6.45) is 6.91. The Labute approximate surface area is 173 Å². The number of rotatable bonds is 6. The molecule has 0 saturated heterocycles. The minimum atomic E-state index is -0.209. The molecule has 1 saturated carbocycles. The van der Waals surface area contributed by atoms with Gasteiger partial charge in [0.25, 0.3) is 5.56 Å². The van der Waals surface area contributed by atoms with Crippen LogP contribution in [0.1, 0.15) is 22.3 Å². The van der Waals surface area contributed by atoms with E-state index in [1.165, 1.54) is 10.6 Å². The molecule has 1 aliphatic heterocycles. The number of nitrogens with zero attached hydrogens (tertiary/aromatic N) is 3. The van der Waals surface area contributed by atoms with Crippen molar-refractivity contribution in [2.24, 2.45) is 13.0 Å². The predicted octanol–water partition coefficient (Wildman–Crippen LogP) is 2.90. The van der Waals surface area contributed by atoms with E-state index >= 15 is 0 Å². The smallest absolute Gasteiger partial charge is 0.255 e. The van der Waals surface area contributed by atoms with Gasteiger partial charge >= 0.3 is 0 Å². The highest BCUT2D eigenvalue weighted by atomic mass is 16.5. The fraction of sp³-hybridized carbons (Fsp3) is 0.217. The summed E-state index contributed by atoms with van der Waals surface area (Å²) in [4.78, 5) is 33.4. The average Bonchev–Trinajstić information content (AvgIpc) is 3.40. The highest BCUT2D eigenvalue weighted by Gasteiger charge is 2.43. The zero-order chi connectivity index (χ0) is 20.7. The SMILES string of the molecule is Cn1c(NCC(=O)c2ccc(C3=CC4CC4O3)cc2)nc(-c2ccncc2)cc1=O. The van der Waals surface area contributed by atoms with Crippen LogP contribution < -0.4 is 10.9 Å². The number of aromatic nitrogens is 3. The molecular weight excluding hydrogens is 380 g/mol. The summed E-state index contributed by atoms with van der Waals surface area (Å²) in [5, 5.41) is 2.99. The summed E-state index contributed by atoms with van der Waals surface area (Å²) >= 11 is 0. The maximum Gasteiger partial charge on any atom is 0.255 e.